The van der Waals surface area contributed by atoms with Crippen molar-refractivity contribution in [2.75, 3.05) is 32.8 Å². The van der Waals surface area contributed by atoms with Gasteiger partial charge < -0.3 is 9.64 Å². The van der Waals surface area contributed by atoms with Crippen LogP contribution in [0.4, 0.5) is 0 Å². The molecular formula is C16H33NO. The Bertz CT molecular complexity index is 195. The second kappa shape index (κ2) is 8.92. The Morgan fingerprint density at radius 2 is 1.72 bits per heavy atom. The highest BCUT2D eigenvalue weighted by Gasteiger charge is 2.20. The first kappa shape index (κ1) is 16.0. The normalized spacial score (nSPS) is 19.0. The fourth-order valence-corrected chi connectivity index (χ4v) is 2.73. The number of hydrogen-bond donors (Lipinski definition) is 0. The lowest BCUT2D eigenvalue weighted by molar-refractivity contribution is 0.0800. The molecule has 0 amide bonds. The van der Waals surface area contributed by atoms with Gasteiger partial charge in [0.15, 0.2) is 0 Å². The molecule has 0 bridgehead atoms. The first-order chi connectivity index (χ1) is 8.59. The Morgan fingerprint density at radius 3 is 2.28 bits per heavy atom. The number of nitrogens with zero attached hydrogens (tertiary/aromatic N) is 1. The summed E-state index contributed by atoms with van der Waals surface area (Å²) in [6.45, 7) is 14.8. The second-order valence-electron chi connectivity index (χ2n) is 6.57. The van der Waals surface area contributed by atoms with Gasteiger partial charge in [0.2, 0.25) is 0 Å². The van der Waals surface area contributed by atoms with Gasteiger partial charge in [-0.3, -0.25) is 0 Å². The van der Waals surface area contributed by atoms with E-state index in [-0.39, 0.29) is 0 Å². The van der Waals surface area contributed by atoms with Crippen molar-refractivity contribution < 1.29 is 4.74 Å². The van der Waals surface area contributed by atoms with Crippen molar-refractivity contribution in [3.05, 3.63) is 0 Å². The van der Waals surface area contributed by atoms with Crippen LogP contribution in [0, 0.1) is 17.8 Å². The molecule has 0 aromatic carbocycles. The van der Waals surface area contributed by atoms with Crippen molar-refractivity contribution in [3.63, 3.8) is 0 Å². The summed E-state index contributed by atoms with van der Waals surface area (Å²) in [4.78, 5) is 2.57. The van der Waals surface area contributed by atoms with Crippen molar-refractivity contribution in [3.8, 4) is 0 Å². The minimum absolute atomic E-state index is 0.809. The minimum atomic E-state index is 0.809. The smallest absolute Gasteiger partial charge is 0.0593 e. The fraction of sp³-hybridized carbons (Fsp3) is 1.00. The van der Waals surface area contributed by atoms with Gasteiger partial charge >= 0.3 is 0 Å². The Hall–Kier alpha value is -0.0800. The van der Waals surface area contributed by atoms with E-state index in [4.69, 9.17) is 4.74 Å². The van der Waals surface area contributed by atoms with Crippen molar-refractivity contribution in [1.82, 2.24) is 4.90 Å². The van der Waals surface area contributed by atoms with Gasteiger partial charge in [-0.05, 0) is 56.5 Å². The van der Waals surface area contributed by atoms with Crippen LogP contribution >= 0.6 is 0 Å². The molecule has 1 fully saturated rings. The summed E-state index contributed by atoms with van der Waals surface area (Å²) in [5, 5.41) is 0. The highest BCUT2D eigenvalue weighted by atomic mass is 16.5. The molecule has 0 aromatic heterocycles. The molecule has 2 nitrogen and oxygen atoms in total. The third-order valence-electron chi connectivity index (χ3n) is 4.20. The molecule has 0 atom stereocenters. The van der Waals surface area contributed by atoms with Gasteiger partial charge in [0.05, 0.1) is 6.61 Å². The molecule has 0 aliphatic carbocycles. The van der Waals surface area contributed by atoms with Crippen LogP contribution < -0.4 is 0 Å². The van der Waals surface area contributed by atoms with E-state index in [1.165, 1.54) is 38.8 Å². The minimum Gasteiger partial charge on any atom is -0.380 e. The molecule has 2 heteroatoms. The van der Waals surface area contributed by atoms with Crippen LogP contribution in [0.2, 0.25) is 0 Å². The van der Waals surface area contributed by atoms with Crippen LogP contribution in [-0.4, -0.2) is 37.7 Å². The summed E-state index contributed by atoms with van der Waals surface area (Å²) in [6.07, 6.45) is 5.27. The zero-order valence-electron chi connectivity index (χ0n) is 13.0. The Balaban J connectivity index is 1.95. The van der Waals surface area contributed by atoms with E-state index in [0.717, 1.165) is 37.5 Å². The lowest BCUT2D eigenvalue weighted by Gasteiger charge is -2.33. The van der Waals surface area contributed by atoms with Crippen LogP contribution in [0.15, 0.2) is 0 Å². The van der Waals surface area contributed by atoms with Gasteiger partial charge in [0.25, 0.3) is 0 Å². The van der Waals surface area contributed by atoms with E-state index in [0.29, 0.717) is 0 Å². The summed E-state index contributed by atoms with van der Waals surface area (Å²) >= 11 is 0. The molecule has 1 aliphatic heterocycles. The number of ether oxygens (including phenoxy) is 1. The van der Waals surface area contributed by atoms with E-state index in [1.807, 2.05) is 0 Å². The quantitative estimate of drug-likeness (QED) is 0.612. The number of rotatable bonds is 8. The van der Waals surface area contributed by atoms with Gasteiger partial charge in [-0.25, -0.2) is 0 Å². The molecule has 1 rings (SSSR count). The van der Waals surface area contributed by atoms with Crippen LogP contribution in [-0.2, 0) is 4.74 Å². The largest absolute Gasteiger partial charge is 0.380 e. The molecule has 1 heterocycles. The molecule has 1 saturated heterocycles. The maximum atomic E-state index is 5.72. The second-order valence-corrected chi connectivity index (χ2v) is 6.57. The van der Waals surface area contributed by atoms with E-state index in [9.17, 15) is 0 Å². The molecule has 108 valence electrons. The van der Waals surface area contributed by atoms with E-state index >= 15 is 0 Å². The van der Waals surface area contributed by atoms with Crippen molar-refractivity contribution in [1.29, 1.82) is 0 Å². The molecule has 0 aromatic rings. The zero-order chi connectivity index (χ0) is 13.4. The third-order valence-corrected chi connectivity index (χ3v) is 4.20. The highest BCUT2D eigenvalue weighted by Crippen LogP contribution is 2.23. The Morgan fingerprint density at radius 1 is 1.06 bits per heavy atom. The van der Waals surface area contributed by atoms with Crippen molar-refractivity contribution in [2.24, 2.45) is 17.8 Å². The van der Waals surface area contributed by atoms with Crippen molar-refractivity contribution >= 4 is 0 Å². The zero-order valence-corrected chi connectivity index (χ0v) is 13.0. The lowest BCUT2D eigenvalue weighted by Crippen LogP contribution is -2.37. The number of piperidine rings is 1. The maximum absolute atomic E-state index is 5.72. The average Bonchev–Trinajstić information content (AvgIpc) is 2.34. The molecule has 1 aliphatic rings. The fourth-order valence-electron chi connectivity index (χ4n) is 2.73. The van der Waals surface area contributed by atoms with Gasteiger partial charge in [-0.2, -0.15) is 0 Å². The summed E-state index contributed by atoms with van der Waals surface area (Å²) in [5.74, 6) is 2.62. The van der Waals surface area contributed by atoms with Crippen molar-refractivity contribution in [2.45, 2.75) is 53.4 Å². The first-order valence-corrected chi connectivity index (χ1v) is 7.89. The lowest BCUT2D eigenvalue weighted by atomic mass is 9.87. The van der Waals surface area contributed by atoms with E-state index in [1.54, 1.807) is 0 Å². The summed E-state index contributed by atoms with van der Waals surface area (Å²) in [6, 6.07) is 0. The van der Waals surface area contributed by atoms with Crippen LogP contribution in [0.3, 0.4) is 0 Å². The molecule has 0 unspecified atom stereocenters. The topological polar surface area (TPSA) is 12.5 Å². The molecule has 0 spiro atoms. The summed E-state index contributed by atoms with van der Waals surface area (Å²) < 4.78 is 5.72. The summed E-state index contributed by atoms with van der Waals surface area (Å²) in [7, 11) is 0. The Kier molecular flexibility index (Phi) is 7.92. The van der Waals surface area contributed by atoms with Crippen LogP contribution in [0.25, 0.3) is 0 Å². The summed E-state index contributed by atoms with van der Waals surface area (Å²) in [5.41, 5.74) is 0. The van der Waals surface area contributed by atoms with Crippen LogP contribution in [0.5, 0.6) is 0 Å². The molecule has 18 heavy (non-hydrogen) atoms. The predicted molar refractivity (Wildman–Crippen MR) is 78.9 cm³/mol. The highest BCUT2D eigenvalue weighted by molar-refractivity contribution is 4.74. The predicted octanol–water partition coefficient (Wildman–Crippen LogP) is 3.81. The SMILES string of the molecule is CC(C)CCCOCCN1CCC(C(C)C)CC1. The first-order valence-electron chi connectivity index (χ1n) is 7.89. The van der Waals surface area contributed by atoms with Gasteiger partial charge in [0, 0.05) is 13.2 Å². The average molecular weight is 255 g/mol. The van der Waals surface area contributed by atoms with E-state index in [2.05, 4.69) is 32.6 Å². The number of hydrogen-bond acceptors (Lipinski definition) is 2. The van der Waals surface area contributed by atoms with Crippen LogP contribution in [0.1, 0.15) is 53.4 Å². The number of likely N-dealkylation sites (tertiary alicyclic amines) is 1. The molecular weight excluding hydrogens is 222 g/mol. The maximum Gasteiger partial charge on any atom is 0.0593 e. The molecule has 0 radical (unpaired) electrons. The monoisotopic (exact) mass is 255 g/mol. The molecule has 0 saturated carbocycles. The standard InChI is InChI=1S/C16H33NO/c1-14(2)6-5-12-18-13-11-17-9-7-16(8-10-17)15(3)4/h14-16H,5-13H2,1-4H3. The molecule has 0 N–H and O–H groups in total. The van der Waals surface area contributed by atoms with Gasteiger partial charge in [-0.1, -0.05) is 27.7 Å². The third kappa shape index (κ3) is 6.75. The Labute approximate surface area is 114 Å². The van der Waals surface area contributed by atoms with Gasteiger partial charge in [-0.15, -0.1) is 0 Å². The van der Waals surface area contributed by atoms with Gasteiger partial charge in [0.1, 0.15) is 0 Å². The van der Waals surface area contributed by atoms with E-state index < -0.39 is 0 Å².